The van der Waals surface area contributed by atoms with Crippen LogP contribution in [-0.4, -0.2) is 12.8 Å². The minimum absolute atomic E-state index is 0.0620. The Morgan fingerprint density at radius 3 is 3.00 bits per heavy atom. The first-order chi connectivity index (χ1) is 7.18. The molecule has 0 radical (unpaired) electrons. The molecule has 15 heavy (non-hydrogen) atoms. The van der Waals surface area contributed by atoms with Gasteiger partial charge in [-0.25, -0.2) is 0 Å². The maximum Gasteiger partial charge on any atom is 0.201 e. The van der Waals surface area contributed by atoms with Gasteiger partial charge in [-0.15, -0.1) is 0 Å². The van der Waals surface area contributed by atoms with Crippen LogP contribution in [0.25, 0.3) is 12.2 Å². The summed E-state index contributed by atoms with van der Waals surface area (Å²) < 4.78 is 0. The normalized spacial score (nSPS) is 13.1. The Kier molecular flexibility index (Phi) is 2.36. The van der Waals surface area contributed by atoms with Crippen LogP contribution in [0.4, 0.5) is 5.69 Å². The van der Waals surface area contributed by atoms with E-state index in [9.17, 15) is 4.79 Å². The van der Waals surface area contributed by atoms with Crippen molar-refractivity contribution < 1.29 is 4.79 Å². The average molecular weight is 198 g/mol. The average Bonchev–Trinajstić information content (AvgIpc) is 2.58. The first-order valence-electron chi connectivity index (χ1n) is 4.83. The van der Waals surface area contributed by atoms with E-state index >= 15 is 0 Å². The van der Waals surface area contributed by atoms with Crippen LogP contribution in [0.15, 0.2) is 24.3 Å². The Morgan fingerprint density at radius 1 is 1.47 bits per heavy atom. The van der Waals surface area contributed by atoms with Crippen LogP contribution in [0, 0.1) is 6.20 Å². The van der Waals surface area contributed by atoms with Gasteiger partial charge in [0, 0.05) is 13.1 Å². The number of allylic oxidation sites excluding steroid dienone is 1. The maximum absolute atomic E-state index is 10.9. The molecular weight excluding hydrogens is 186 g/mol. The second-order valence-electron chi connectivity index (χ2n) is 3.56. The molecule has 0 saturated heterocycles. The second kappa shape index (κ2) is 3.68. The highest BCUT2D eigenvalue weighted by Crippen LogP contribution is 2.30. The van der Waals surface area contributed by atoms with Gasteiger partial charge in [-0.1, -0.05) is 0 Å². The van der Waals surface area contributed by atoms with Crippen LogP contribution < -0.4 is 4.90 Å². The van der Waals surface area contributed by atoms with Crippen molar-refractivity contribution in [2.45, 2.75) is 6.92 Å². The van der Waals surface area contributed by atoms with Crippen molar-refractivity contribution in [3.63, 3.8) is 0 Å². The third-order valence-corrected chi connectivity index (χ3v) is 2.38. The molecule has 74 valence electrons. The Morgan fingerprint density at radius 2 is 2.27 bits per heavy atom. The summed E-state index contributed by atoms with van der Waals surface area (Å²) in [6.07, 6.45) is 8.47. The molecule has 0 unspecified atom stereocenters. The van der Waals surface area contributed by atoms with E-state index in [1.807, 2.05) is 42.3 Å². The number of benzene rings is 1. The predicted molar refractivity (Wildman–Crippen MR) is 62.3 cm³/mol. The predicted octanol–water partition coefficient (Wildman–Crippen LogP) is 2.51. The van der Waals surface area contributed by atoms with Crippen molar-refractivity contribution in [1.82, 2.24) is 0 Å². The molecule has 1 aromatic rings. The van der Waals surface area contributed by atoms with Crippen LogP contribution in [0.3, 0.4) is 0 Å². The van der Waals surface area contributed by atoms with E-state index in [4.69, 9.17) is 0 Å². The molecule has 2 nitrogen and oxygen atoms in total. The quantitative estimate of drug-likeness (QED) is 0.537. The Hall–Kier alpha value is -1.92. The standard InChI is InChI=1S/C13H12NO/c1-10(15)6-7-11-4-3-5-13-12(11)8-9-14(13)2/h3-8H,1-2H3/q+1/b7-6+. The fraction of sp³-hybridized carbons (Fsp3) is 0.154. The molecule has 1 aromatic carbocycles. The molecule has 0 fully saturated rings. The van der Waals surface area contributed by atoms with Gasteiger partial charge in [-0.3, -0.25) is 4.79 Å². The fourth-order valence-electron chi connectivity index (χ4n) is 1.60. The van der Waals surface area contributed by atoms with Crippen LogP contribution in [-0.2, 0) is 4.79 Å². The van der Waals surface area contributed by atoms with Crippen LogP contribution in [0.2, 0.25) is 0 Å². The lowest BCUT2D eigenvalue weighted by atomic mass is 10.1. The van der Waals surface area contributed by atoms with E-state index in [2.05, 4.69) is 6.20 Å². The van der Waals surface area contributed by atoms with Crippen molar-refractivity contribution in [3.8, 4) is 0 Å². The van der Waals surface area contributed by atoms with Crippen molar-refractivity contribution >= 4 is 23.6 Å². The van der Waals surface area contributed by atoms with E-state index in [1.165, 1.54) is 0 Å². The molecule has 0 aromatic heterocycles. The number of carbonyl (C=O) groups is 1. The number of hydrogen-bond acceptors (Lipinski definition) is 2. The van der Waals surface area contributed by atoms with Gasteiger partial charge in [0.1, 0.15) is 12.3 Å². The van der Waals surface area contributed by atoms with E-state index in [0.29, 0.717) is 0 Å². The van der Waals surface area contributed by atoms with Crippen LogP contribution >= 0.6 is 0 Å². The smallest absolute Gasteiger partial charge is 0.201 e. The summed E-state index contributed by atoms with van der Waals surface area (Å²) in [5, 5.41) is 0. The summed E-state index contributed by atoms with van der Waals surface area (Å²) >= 11 is 0. The van der Waals surface area contributed by atoms with Gasteiger partial charge in [0.05, 0.1) is 5.56 Å². The maximum atomic E-state index is 10.9. The molecule has 1 aliphatic rings. The molecular formula is C13H12NO+. The third kappa shape index (κ3) is 1.80. The molecule has 1 aliphatic heterocycles. The highest BCUT2D eigenvalue weighted by atomic mass is 16.1. The zero-order valence-electron chi connectivity index (χ0n) is 8.82. The molecule has 2 heteroatoms. The number of carbonyl (C=O) groups excluding carboxylic acids is 1. The zero-order chi connectivity index (χ0) is 10.8. The third-order valence-electron chi connectivity index (χ3n) is 2.38. The van der Waals surface area contributed by atoms with Crippen molar-refractivity contribution in [2.24, 2.45) is 0 Å². The second-order valence-corrected chi connectivity index (χ2v) is 3.56. The molecule has 1 heterocycles. The Bertz CT molecular complexity index is 458. The number of hydrogen-bond donors (Lipinski definition) is 0. The molecule has 2 rings (SSSR count). The van der Waals surface area contributed by atoms with Gasteiger partial charge in [-0.05, 0) is 31.2 Å². The number of ketones is 1. The van der Waals surface area contributed by atoms with Gasteiger partial charge < -0.3 is 0 Å². The van der Waals surface area contributed by atoms with Gasteiger partial charge >= 0.3 is 0 Å². The van der Waals surface area contributed by atoms with E-state index in [0.717, 1.165) is 16.8 Å². The van der Waals surface area contributed by atoms with Crippen LogP contribution in [0.1, 0.15) is 18.1 Å². The van der Waals surface area contributed by atoms with Gasteiger partial charge in [0.25, 0.3) is 0 Å². The molecule has 0 spiro atoms. The van der Waals surface area contributed by atoms with Crippen molar-refractivity contribution in [1.29, 1.82) is 0 Å². The Labute approximate surface area is 89.5 Å². The number of fused-ring (bicyclic) bond motifs is 1. The van der Waals surface area contributed by atoms with E-state index in [-0.39, 0.29) is 5.78 Å². The zero-order valence-corrected chi connectivity index (χ0v) is 8.82. The number of rotatable bonds is 2. The van der Waals surface area contributed by atoms with Crippen molar-refractivity contribution in [2.75, 3.05) is 11.9 Å². The van der Waals surface area contributed by atoms with Gasteiger partial charge in [0.2, 0.25) is 5.69 Å². The minimum Gasteiger partial charge on any atom is -0.295 e. The number of anilines is 1. The summed E-state index contributed by atoms with van der Waals surface area (Å²) in [6.45, 7) is 1.55. The summed E-state index contributed by atoms with van der Waals surface area (Å²) in [5.74, 6) is 0.0620. The Balaban J connectivity index is 2.42. The summed E-state index contributed by atoms with van der Waals surface area (Å²) in [7, 11) is 1.96. The summed E-state index contributed by atoms with van der Waals surface area (Å²) in [5.41, 5.74) is 3.30. The fourth-order valence-corrected chi connectivity index (χ4v) is 1.60. The minimum atomic E-state index is 0.0620. The van der Waals surface area contributed by atoms with Crippen molar-refractivity contribution in [3.05, 3.63) is 41.6 Å². The van der Waals surface area contributed by atoms with Gasteiger partial charge in [-0.2, -0.15) is 4.90 Å². The molecule has 0 atom stereocenters. The molecule has 0 N–H and O–H groups in total. The van der Waals surface area contributed by atoms with E-state index < -0.39 is 0 Å². The lowest BCUT2D eigenvalue weighted by Crippen LogP contribution is -2.04. The first kappa shape index (κ1) is 9.63. The highest BCUT2D eigenvalue weighted by molar-refractivity contribution is 5.93. The van der Waals surface area contributed by atoms with E-state index in [1.54, 1.807) is 13.0 Å². The summed E-state index contributed by atoms with van der Waals surface area (Å²) in [4.78, 5) is 12.8. The number of nitrogens with zero attached hydrogens (tertiary/aromatic N) is 1. The van der Waals surface area contributed by atoms with Gasteiger partial charge in [0.15, 0.2) is 11.3 Å². The van der Waals surface area contributed by atoms with Crippen LogP contribution in [0.5, 0.6) is 0 Å². The molecule has 0 amide bonds. The first-order valence-corrected chi connectivity index (χ1v) is 4.83. The molecule has 0 aliphatic carbocycles. The lowest BCUT2D eigenvalue weighted by Gasteiger charge is -1.99. The SMILES string of the molecule is CC(=O)/C=C/c1cccc2c1C=[C+]N2C. The lowest BCUT2D eigenvalue weighted by molar-refractivity contribution is -0.112. The monoisotopic (exact) mass is 198 g/mol. The topological polar surface area (TPSA) is 20.3 Å². The highest BCUT2D eigenvalue weighted by Gasteiger charge is 2.24. The molecule has 0 saturated carbocycles. The summed E-state index contributed by atoms with van der Waals surface area (Å²) in [6, 6.07) is 6.02. The largest absolute Gasteiger partial charge is 0.295 e. The molecule has 0 bridgehead atoms.